The van der Waals surface area contributed by atoms with Crippen LogP contribution in [0.3, 0.4) is 0 Å². The zero-order valence-corrected chi connectivity index (χ0v) is 22.0. The molecule has 1 atom stereocenters. The van der Waals surface area contributed by atoms with Crippen molar-refractivity contribution in [1.29, 1.82) is 5.41 Å². The van der Waals surface area contributed by atoms with Crippen LogP contribution in [0, 0.1) is 11.3 Å². The summed E-state index contributed by atoms with van der Waals surface area (Å²) in [7, 11) is -4.04. The number of nitrogen functional groups attached to an aromatic ring is 1. The number of nitrogens with zero attached hydrogens (tertiary/aromatic N) is 2. The monoisotopic (exact) mass is 534 g/mol. The lowest BCUT2D eigenvalue weighted by atomic mass is 9.93. The highest BCUT2D eigenvalue weighted by atomic mass is 32.2. The molecule has 1 unspecified atom stereocenters. The van der Waals surface area contributed by atoms with Gasteiger partial charge in [0.15, 0.2) is 0 Å². The Bertz CT molecular complexity index is 1370. The van der Waals surface area contributed by atoms with E-state index in [1.807, 2.05) is 18.2 Å². The number of sulfonamides is 1. The van der Waals surface area contributed by atoms with E-state index in [1.54, 1.807) is 53.7 Å². The molecule has 0 spiro atoms. The minimum absolute atomic E-state index is 0.0729. The predicted molar refractivity (Wildman–Crippen MR) is 148 cm³/mol. The van der Waals surface area contributed by atoms with Gasteiger partial charge in [-0.15, -0.1) is 0 Å². The van der Waals surface area contributed by atoms with Crippen LogP contribution in [-0.2, 0) is 21.2 Å². The Kier molecular flexibility index (Phi) is 8.88. The number of nitrogens with one attached hydrogen (secondary N) is 2. The molecule has 0 saturated carbocycles. The molecule has 1 aliphatic heterocycles. The summed E-state index contributed by atoms with van der Waals surface area (Å²) in [5.41, 5.74) is 14.2. The molecule has 1 saturated heterocycles. The van der Waals surface area contributed by atoms with E-state index in [1.165, 1.54) is 6.07 Å². The van der Waals surface area contributed by atoms with Crippen molar-refractivity contribution in [3.63, 3.8) is 0 Å². The first-order chi connectivity index (χ1) is 18.3. The van der Waals surface area contributed by atoms with Gasteiger partial charge in [0.1, 0.15) is 11.9 Å². The molecule has 0 bridgehead atoms. The summed E-state index contributed by atoms with van der Waals surface area (Å²) >= 11 is 0. The minimum Gasteiger partial charge on any atom is -0.384 e. The molecule has 0 aliphatic carbocycles. The maximum absolute atomic E-state index is 13.7. The molecule has 38 heavy (non-hydrogen) atoms. The number of amides is 1. The molecule has 200 valence electrons. The number of nitrogens with two attached hydrogens (primary N) is 2. The number of aromatic nitrogens is 1. The number of hydrogen-bond acceptors (Lipinski definition) is 6. The molecule has 1 aliphatic rings. The fourth-order valence-corrected chi connectivity index (χ4v) is 6.06. The van der Waals surface area contributed by atoms with E-state index < -0.39 is 16.1 Å². The van der Waals surface area contributed by atoms with Crippen molar-refractivity contribution in [3.05, 3.63) is 84.2 Å². The zero-order valence-electron chi connectivity index (χ0n) is 21.2. The molecule has 2 aromatic carbocycles. The minimum atomic E-state index is -4.04. The van der Waals surface area contributed by atoms with E-state index in [9.17, 15) is 13.2 Å². The van der Waals surface area contributed by atoms with E-state index in [0.29, 0.717) is 36.7 Å². The number of pyridine rings is 1. The highest BCUT2D eigenvalue weighted by Gasteiger charge is 2.32. The maximum Gasteiger partial charge on any atom is 0.241 e. The number of piperidine rings is 1. The number of rotatable bonds is 10. The molecule has 3 aromatic rings. The molecule has 1 amide bonds. The molecule has 9 nitrogen and oxygen atoms in total. The number of carbonyl (C=O) groups is 1. The molecule has 2 heterocycles. The van der Waals surface area contributed by atoms with Crippen LogP contribution in [0.5, 0.6) is 0 Å². The molecule has 4 rings (SSSR count). The lowest BCUT2D eigenvalue weighted by Crippen LogP contribution is -2.51. The first-order valence-corrected chi connectivity index (χ1v) is 14.2. The quantitative estimate of drug-likeness (QED) is 0.231. The lowest BCUT2D eigenvalue weighted by molar-refractivity contribution is -0.134. The van der Waals surface area contributed by atoms with Crippen molar-refractivity contribution >= 4 is 21.8 Å². The van der Waals surface area contributed by atoms with Gasteiger partial charge >= 0.3 is 0 Å². The normalized spacial score (nSPS) is 15.2. The van der Waals surface area contributed by atoms with Crippen molar-refractivity contribution in [2.45, 2.75) is 36.6 Å². The summed E-state index contributed by atoms with van der Waals surface area (Å²) in [6.45, 7) is 1.74. The zero-order chi connectivity index (χ0) is 27.1. The van der Waals surface area contributed by atoms with Gasteiger partial charge in [0.25, 0.3) is 0 Å². The van der Waals surface area contributed by atoms with E-state index >= 15 is 0 Å². The highest BCUT2D eigenvalue weighted by Crippen LogP contribution is 2.24. The van der Waals surface area contributed by atoms with Crippen molar-refractivity contribution in [2.24, 2.45) is 17.4 Å². The fraction of sp³-hybridized carbons (Fsp3) is 0.321. The second-order valence-electron chi connectivity index (χ2n) is 9.60. The summed E-state index contributed by atoms with van der Waals surface area (Å²) in [6.07, 6.45) is 6.03. The smallest absolute Gasteiger partial charge is 0.241 e. The average molecular weight is 535 g/mol. The number of likely N-dealkylation sites (tertiary alicyclic amines) is 1. The number of benzene rings is 2. The number of hydrogen-bond donors (Lipinski definition) is 4. The third-order valence-corrected chi connectivity index (χ3v) is 8.40. The molecular formula is C28H34N6O3S. The van der Waals surface area contributed by atoms with Crippen LogP contribution in [0.4, 0.5) is 0 Å². The second-order valence-corrected chi connectivity index (χ2v) is 11.3. The Hall–Kier alpha value is -3.60. The third-order valence-electron chi connectivity index (χ3n) is 6.93. The Balaban J connectivity index is 1.60. The van der Waals surface area contributed by atoms with Crippen LogP contribution >= 0.6 is 0 Å². The van der Waals surface area contributed by atoms with Crippen molar-refractivity contribution in [2.75, 3.05) is 19.6 Å². The molecule has 1 fully saturated rings. The van der Waals surface area contributed by atoms with Gasteiger partial charge in [-0.1, -0.05) is 30.3 Å². The Labute approximate surface area is 223 Å². The average Bonchev–Trinajstić information content (AvgIpc) is 2.93. The molecule has 10 heteroatoms. The van der Waals surface area contributed by atoms with Gasteiger partial charge in [0, 0.05) is 31.0 Å². The van der Waals surface area contributed by atoms with E-state index in [4.69, 9.17) is 16.9 Å². The fourth-order valence-electron chi connectivity index (χ4n) is 4.82. The summed E-state index contributed by atoms with van der Waals surface area (Å²) < 4.78 is 29.8. The van der Waals surface area contributed by atoms with Crippen LogP contribution in [0.1, 0.15) is 30.4 Å². The maximum atomic E-state index is 13.7. The van der Waals surface area contributed by atoms with Crippen molar-refractivity contribution in [1.82, 2.24) is 14.6 Å². The standard InChI is InChI=1S/C28H34N6O3S/c29-12-7-20-10-15-34(16-11-20)28(35)26(18-21-3-1-5-24(17-21)27(30)31)33-38(36,37)25-6-2-4-23(19-25)22-8-13-32-14-9-22/h1-6,8-9,13-14,17,19-20,26,33H,7,10-12,15-16,18,29H2,(H3,30,31). The van der Waals surface area contributed by atoms with Gasteiger partial charge in [0.05, 0.1) is 4.90 Å². The van der Waals surface area contributed by atoms with Crippen LogP contribution in [0.15, 0.2) is 78.0 Å². The van der Waals surface area contributed by atoms with Crippen molar-refractivity contribution in [3.8, 4) is 11.1 Å². The van der Waals surface area contributed by atoms with E-state index in [-0.39, 0.29) is 23.1 Å². The van der Waals surface area contributed by atoms with E-state index in [2.05, 4.69) is 9.71 Å². The van der Waals surface area contributed by atoms with Crippen LogP contribution in [0.2, 0.25) is 0 Å². The Morgan fingerprint density at radius 1 is 1.05 bits per heavy atom. The highest BCUT2D eigenvalue weighted by molar-refractivity contribution is 7.89. The van der Waals surface area contributed by atoms with Gasteiger partial charge in [0.2, 0.25) is 15.9 Å². The summed E-state index contributed by atoms with van der Waals surface area (Å²) in [5.74, 6) is 0.117. The predicted octanol–water partition coefficient (Wildman–Crippen LogP) is 2.51. The van der Waals surface area contributed by atoms with Crippen molar-refractivity contribution < 1.29 is 13.2 Å². The SMILES string of the molecule is N=C(N)c1cccc(CC(NS(=O)(=O)c2cccc(-c3ccncc3)c2)C(=O)N2CCC(CCN)CC2)c1. The van der Waals surface area contributed by atoms with Gasteiger partial charge in [-0.2, -0.15) is 4.72 Å². The Morgan fingerprint density at radius 2 is 1.76 bits per heavy atom. The van der Waals surface area contributed by atoms with Crippen LogP contribution < -0.4 is 16.2 Å². The topological polar surface area (TPSA) is 155 Å². The molecule has 0 radical (unpaired) electrons. The van der Waals surface area contributed by atoms with Gasteiger partial charge < -0.3 is 16.4 Å². The lowest BCUT2D eigenvalue weighted by Gasteiger charge is -2.34. The number of amidine groups is 1. The van der Waals surface area contributed by atoms with Gasteiger partial charge in [-0.3, -0.25) is 15.2 Å². The van der Waals surface area contributed by atoms with Crippen LogP contribution in [0.25, 0.3) is 11.1 Å². The molecule has 6 N–H and O–H groups in total. The third kappa shape index (κ3) is 6.83. The van der Waals surface area contributed by atoms with E-state index in [0.717, 1.165) is 30.4 Å². The molecular weight excluding hydrogens is 500 g/mol. The summed E-state index contributed by atoms with van der Waals surface area (Å²) in [5, 5.41) is 7.74. The largest absolute Gasteiger partial charge is 0.384 e. The summed E-state index contributed by atoms with van der Waals surface area (Å²) in [4.78, 5) is 19.5. The molecule has 1 aromatic heterocycles. The second kappa shape index (κ2) is 12.3. The Morgan fingerprint density at radius 3 is 2.45 bits per heavy atom. The van der Waals surface area contributed by atoms with Gasteiger partial charge in [-0.05, 0) is 85.2 Å². The van der Waals surface area contributed by atoms with Gasteiger partial charge in [-0.25, -0.2) is 8.42 Å². The summed E-state index contributed by atoms with van der Waals surface area (Å²) in [6, 6.07) is 16.2. The first kappa shape index (κ1) is 27.4. The van der Waals surface area contributed by atoms with Crippen LogP contribution in [-0.4, -0.2) is 55.7 Å². The number of carbonyl (C=O) groups excluding carboxylic acids is 1. The first-order valence-electron chi connectivity index (χ1n) is 12.7.